The van der Waals surface area contributed by atoms with Gasteiger partial charge in [-0.2, -0.15) is 11.8 Å². The molecule has 1 atom stereocenters. The molecule has 1 saturated heterocycles. The summed E-state index contributed by atoms with van der Waals surface area (Å²) in [7, 11) is -3.37. The maximum Gasteiger partial charge on any atom is 0.240 e. The van der Waals surface area contributed by atoms with Crippen LogP contribution in [0.3, 0.4) is 0 Å². The Morgan fingerprint density at radius 3 is 2.67 bits per heavy atom. The Bertz CT molecular complexity index is 523. The van der Waals surface area contributed by atoms with Crippen molar-refractivity contribution >= 4 is 21.8 Å². The van der Waals surface area contributed by atoms with E-state index in [4.69, 9.17) is 0 Å². The molecule has 21 heavy (non-hydrogen) atoms. The van der Waals surface area contributed by atoms with Gasteiger partial charge in [-0.05, 0) is 54.5 Å². The molecule has 6 heteroatoms. The summed E-state index contributed by atoms with van der Waals surface area (Å²) in [6.45, 7) is 4.42. The standard InChI is InChI=1S/C15H24N2O2S2/c1-2-8-16-10-13-3-5-15(6-4-13)21(18,19)17-11-14-7-9-20-12-14/h3-6,14,16-17H,2,7-12H2,1H3. The first kappa shape index (κ1) is 16.8. The second-order valence-electron chi connectivity index (χ2n) is 5.40. The number of nitrogens with one attached hydrogen (secondary N) is 2. The summed E-state index contributed by atoms with van der Waals surface area (Å²) >= 11 is 1.90. The van der Waals surface area contributed by atoms with Crippen LogP contribution >= 0.6 is 11.8 Å². The van der Waals surface area contributed by atoms with E-state index in [0.717, 1.165) is 43.0 Å². The fourth-order valence-electron chi connectivity index (χ4n) is 2.25. The molecule has 2 N–H and O–H groups in total. The summed E-state index contributed by atoms with van der Waals surface area (Å²) in [5.74, 6) is 2.68. The van der Waals surface area contributed by atoms with Crippen LogP contribution in [0.25, 0.3) is 0 Å². The molecule has 1 aliphatic rings. The highest BCUT2D eigenvalue weighted by Gasteiger charge is 2.19. The van der Waals surface area contributed by atoms with Crippen LogP contribution in [0.4, 0.5) is 0 Å². The molecule has 0 amide bonds. The van der Waals surface area contributed by atoms with Crippen molar-refractivity contribution < 1.29 is 8.42 Å². The maximum atomic E-state index is 12.2. The van der Waals surface area contributed by atoms with Gasteiger partial charge in [-0.1, -0.05) is 19.1 Å². The van der Waals surface area contributed by atoms with Crippen LogP contribution in [0.2, 0.25) is 0 Å². The van der Waals surface area contributed by atoms with Gasteiger partial charge in [0.15, 0.2) is 0 Å². The van der Waals surface area contributed by atoms with Gasteiger partial charge >= 0.3 is 0 Å². The van der Waals surface area contributed by atoms with Crippen molar-refractivity contribution in [3.63, 3.8) is 0 Å². The third-order valence-electron chi connectivity index (χ3n) is 3.58. The zero-order valence-electron chi connectivity index (χ0n) is 12.5. The second kappa shape index (κ2) is 8.17. The Balaban J connectivity index is 1.89. The summed E-state index contributed by atoms with van der Waals surface area (Å²) in [5.41, 5.74) is 1.11. The van der Waals surface area contributed by atoms with E-state index in [1.165, 1.54) is 0 Å². The second-order valence-corrected chi connectivity index (χ2v) is 8.32. The third-order valence-corrected chi connectivity index (χ3v) is 6.25. The molecule has 0 bridgehead atoms. The van der Waals surface area contributed by atoms with Crippen molar-refractivity contribution in [2.24, 2.45) is 5.92 Å². The normalized spacial score (nSPS) is 19.0. The molecular weight excluding hydrogens is 304 g/mol. The van der Waals surface area contributed by atoms with E-state index in [2.05, 4.69) is 17.0 Å². The Morgan fingerprint density at radius 2 is 2.05 bits per heavy atom. The quantitative estimate of drug-likeness (QED) is 0.719. The molecular formula is C15H24N2O2S2. The van der Waals surface area contributed by atoms with Gasteiger partial charge in [-0.3, -0.25) is 0 Å². The van der Waals surface area contributed by atoms with Gasteiger partial charge in [-0.25, -0.2) is 13.1 Å². The molecule has 118 valence electrons. The minimum atomic E-state index is -3.37. The van der Waals surface area contributed by atoms with E-state index >= 15 is 0 Å². The lowest BCUT2D eigenvalue weighted by Crippen LogP contribution is -2.29. The summed E-state index contributed by atoms with van der Waals surface area (Å²) in [5, 5.41) is 3.30. The number of hydrogen-bond donors (Lipinski definition) is 2. The van der Waals surface area contributed by atoms with Crippen molar-refractivity contribution in [2.75, 3.05) is 24.6 Å². The van der Waals surface area contributed by atoms with E-state index in [1.807, 2.05) is 23.9 Å². The molecule has 4 nitrogen and oxygen atoms in total. The van der Waals surface area contributed by atoms with Gasteiger partial charge in [0.25, 0.3) is 0 Å². The first-order valence-electron chi connectivity index (χ1n) is 7.49. The molecule has 0 saturated carbocycles. The van der Waals surface area contributed by atoms with E-state index in [1.54, 1.807) is 12.1 Å². The van der Waals surface area contributed by atoms with Crippen LogP contribution in [0.5, 0.6) is 0 Å². The van der Waals surface area contributed by atoms with Crippen LogP contribution in [0.1, 0.15) is 25.3 Å². The van der Waals surface area contributed by atoms with Crippen molar-refractivity contribution in [1.82, 2.24) is 10.0 Å². The smallest absolute Gasteiger partial charge is 0.240 e. The fraction of sp³-hybridized carbons (Fsp3) is 0.600. The Morgan fingerprint density at radius 1 is 1.29 bits per heavy atom. The van der Waals surface area contributed by atoms with E-state index < -0.39 is 10.0 Å². The minimum Gasteiger partial charge on any atom is -0.313 e. The number of rotatable bonds is 8. The molecule has 0 spiro atoms. The lowest BCUT2D eigenvalue weighted by atomic mass is 10.1. The van der Waals surface area contributed by atoms with Crippen molar-refractivity contribution in [3.8, 4) is 0 Å². The van der Waals surface area contributed by atoms with Gasteiger partial charge in [0.2, 0.25) is 10.0 Å². The Labute approximate surface area is 132 Å². The van der Waals surface area contributed by atoms with Crippen LogP contribution in [0.15, 0.2) is 29.2 Å². The van der Waals surface area contributed by atoms with Gasteiger partial charge < -0.3 is 5.32 Å². The number of sulfonamides is 1. The topological polar surface area (TPSA) is 58.2 Å². The SMILES string of the molecule is CCCNCc1ccc(S(=O)(=O)NCC2CCSC2)cc1. The Hall–Kier alpha value is -0.560. The molecule has 1 aromatic carbocycles. The van der Waals surface area contributed by atoms with E-state index in [-0.39, 0.29) is 0 Å². The molecule has 2 rings (SSSR count). The zero-order chi connectivity index (χ0) is 15.1. The Kier molecular flexibility index (Phi) is 6.54. The largest absolute Gasteiger partial charge is 0.313 e. The fourth-order valence-corrected chi connectivity index (χ4v) is 4.65. The van der Waals surface area contributed by atoms with Gasteiger partial charge in [0.1, 0.15) is 0 Å². The highest BCUT2D eigenvalue weighted by atomic mass is 32.2. The van der Waals surface area contributed by atoms with Gasteiger partial charge in [-0.15, -0.1) is 0 Å². The number of benzene rings is 1. The van der Waals surface area contributed by atoms with Crippen LogP contribution < -0.4 is 10.0 Å². The predicted octanol–water partition coefficient (Wildman–Crippen LogP) is 2.22. The van der Waals surface area contributed by atoms with Crippen molar-refractivity contribution in [3.05, 3.63) is 29.8 Å². The average Bonchev–Trinajstić information content (AvgIpc) is 3.00. The highest BCUT2D eigenvalue weighted by Crippen LogP contribution is 2.23. The lowest BCUT2D eigenvalue weighted by Gasteiger charge is -2.11. The van der Waals surface area contributed by atoms with Crippen molar-refractivity contribution in [1.29, 1.82) is 0 Å². The average molecular weight is 329 g/mol. The van der Waals surface area contributed by atoms with Crippen molar-refractivity contribution in [2.45, 2.75) is 31.2 Å². The number of thioether (sulfide) groups is 1. The van der Waals surface area contributed by atoms with E-state index in [9.17, 15) is 8.42 Å². The minimum absolute atomic E-state index is 0.354. The monoisotopic (exact) mass is 328 g/mol. The molecule has 0 aromatic heterocycles. The van der Waals surface area contributed by atoms with Gasteiger partial charge in [0.05, 0.1) is 4.90 Å². The van der Waals surface area contributed by atoms with E-state index in [0.29, 0.717) is 17.4 Å². The summed E-state index contributed by atoms with van der Waals surface area (Å²) in [6, 6.07) is 7.13. The molecule has 1 heterocycles. The first-order valence-corrected chi connectivity index (χ1v) is 10.1. The highest BCUT2D eigenvalue weighted by molar-refractivity contribution is 7.99. The van der Waals surface area contributed by atoms with Crippen LogP contribution in [-0.4, -0.2) is 33.0 Å². The first-order chi connectivity index (χ1) is 10.1. The lowest BCUT2D eigenvalue weighted by molar-refractivity contribution is 0.546. The molecule has 1 aromatic rings. The maximum absolute atomic E-state index is 12.2. The number of hydrogen-bond acceptors (Lipinski definition) is 4. The molecule has 1 aliphatic heterocycles. The molecule has 1 fully saturated rings. The summed E-state index contributed by atoms with van der Waals surface area (Å²) in [6.07, 6.45) is 2.20. The summed E-state index contributed by atoms with van der Waals surface area (Å²) in [4.78, 5) is 0.354. The summed E-state index contributed by atoms with van der Waals surface area (Å²) < 4.78 is 27.2. The zero-order valence-corrected chi connectivity index (χ0v) is 14.1. The molecule has 0 radical (unpaired) electrons. The predicted molar refractivity (Wildman–Crippen MR) is 89.1 cm³/mol. The van der Waals surface area contributed by atoms with Crippen LogP contribution in [0, 0.1) is 5.92 Å². The van der Waals surface area contributed by atoms with Gasteiger partial charge in [0, 0.05) is 13.1 Å². The molecule has 0 aliphatic carbocycles. The van der Waals surface area contributed by atoms with Crippen LogP contribution in [-0.2, 0) is 16.6 Å². The molecule has 1 unspecified atom stereocenters. The third kappa shape index (κ3) is 5.29.